The Hall–Kier alpha value is -1.72. The van der Waals surface area contributed by atoms with E-state index in [0.717, 1.165) is 21.2 Å². The van der Waals surface area contributed by atoms with Gasteiger partial charge in [-0.1, -0.05) is 34.1 Å². The van der Waals surface area contributed by atoms with Crippen LogP contribution in [0.1, 0.15) is 5.56 Å². The number of nitrogens with zero attached hydrogens (tertiary/aromatic N) is 1. The quantitative estimate of drug-likeness (QED) is 0.673. The summed E-state index contributed by atoms with van der Waals surface area (Å²) in [4.78, 5) is 15.7. The largest absolute Gasteiger partial charge is 0.331 e. The number of rotatable bonds is 1. The molecule has 0 aliphatic carbocycles. The van der Waals surface area contributed by atoms with Gasteiger partial charge in [0, 0.05) is 4.47 Å². The first-order valence-corrected chi connectivity index (χ1v) is 7.28. The molecule has 1 N–H and O–H groups in total. The summed E-state index contributed by atoms with van der Waals surface area (Å²) >= 11 is 8.80. The Morgan fingerprint density at radius 1 is 1.20 bits per heavy atom. The van der Waals surface area contributed by atoms with Crippen LogP contribution in [-0.2, 0) is 0 Å². The van der Waals surface area contributed by atoms with E-state index in [1.807, 2.05) is 43.3 Å². The minimum absolute atomic E-state index is 0.111. The number of halogens is 1. The molecular weight excluding hydrogens is 336 g/mol. The van der Waals surface area contributed by atoms with Gasteiger partial charge in [-0.05, 0) is 49.0 Å². The monoisotopic (exact) mass is 346 g/mol. The van der Waals surface area contributed by atoms with Crippen molar-refractivity contribution in [2.75, 3.05) is 0 Å². The van der Waals surface area contributed by atoms with Crippen LogP contribution in [0.15, 0.2) is 51.7 Å². The zero-order valence-corrected chi connectivity index (χ0v) is 13.1. The van der Waals surface area contributed by atoms with E-state index < -0.39 is 0 Å². The van der Waals surface area contributed by atoms with Crippen LogP contribution >= 0.6 is 28.1 Å². The Kier molecular flexibility index (Phi) is 3.31. The molecule has 1 heterocycles. The van der Waals surface area contributed by atoms with Gasteiger partial charge in [0.15, 0.2) is 4.77 Å². The van der Waals surface area contributed by atoms with Crippen molar-refractivity contribution in [1.29, 1.82) is 0 Å². The maximum absolute atomic E-state index is 12.6. The molecule has 0 radical (unpaired) electrons. The second-order valence-corrected chi connectivity index (χ2v) is 5.79. The molecule has 3 aromatic rings. The number of benzene rings is 2. The fraction of sp³-hybridized carbons (Fsp3) is 0.0667. The molecule has 0 spiro atoms. The minimum Gasteiger partial charge on any atom is -0.331 e. The normalized spacial score (nSPS) is 10.9. The van der Waals surface area contributed by atoms with Gasteiger partial charge < -0.3 is 4.98 Å². The average Bonchev–Trinajstić information content (AvgIpc) is 2.43. The number of fused-ring (bicyclic) bond motifs is 1. The molecule has 0 bridgehead atoms. The molecule has 100 valence electrons. The van der Waals surface area contributed by atoms with Crippen molar-refractivity contribution in [3.63, 3.8) is 0 Å². The second kappa shape index (κ2) is 5.00. The summed E-state index contributed by atoms with van der Waals surface area (Å²) in [5.74, 6) is 0. The standard InChI is InChI=1S/C15H11BrN2OS/c1-9-6-7-10(8-12(9)16)18-14(19)11-4-2-3-5-13(11)17-15(18)20/h2-8H,1H3,(H,17,20). The van der Waals surface area contributed by atoms with Crippen LogP contribution in [0, 0.1) is 11.7 Å². The zero-order valence-electron chi connectivity index (χ0n) is 10.7. The summed E-state index contributed by atoms with van der Waals surface area (Å²) in [5.41, 5.74) is 2.50. The Balaban J connectivity index is 2.39. The van der Waals surface area contributed by atoms with Gasteiger partial charge in [0.05, 0.1) is 16.6 Å². The predicted molar refractivity (Wildman–Crippen MR) is 87.2 cm³/mol. The number of para-hydroxylation sites is 1. The average molecular weight is 347 g/mol. The van der Waals surface area contributed by atoms with Crippen LogP contribution in [0.4, 0.5) is 0 Å². The molecule has 0 saturated carbocycles. The fourth-order valence-electron chi connectivity index (χ4n) is 2.12. The number of aromatic amines is 1. The van der Waals surface area contributed by atoms with Gasteiger partial charge in [0.25, 0.3) is 5.56 Å². The van der Waals surface area contributed by atoms with E-state index in [2.05, 4.69) is 20.9 Å². The van der Waals surface area contributed by atoms with Crippen LogP contribution < -0.4 is 5.56 Å². The van der Waals surface area contributed by atoms with Gasteiger partial charge in [-0.25, -0.2) is 0 Å². The molecule has 5 heteroatoms. The lowest BCUT2D eigenvalue weighted by Crippen LogP contribution is -2.20. The fourth-order valence-corrected chi connectivity index (χ4v) is 2.78. The lowest BCUT2D eigenvalue weighted by molar-refractivity contribution is 0.938. The summed E-state index contributed by atoms with van der Waals surface area (Å²) in [6.45, 7) is 2.00. The molecule has 1 aromatic heterocycles. The van der Waals surface area contributed by atoms with Crippen molar-refractivity contribution in [3.8, 4) is 5.69 Å². The number of hydrogen-bond acceptors (Lipinski definition) is 2. The van der Waals surface area contributed by atoms with E-state index in [-0.39, 0.29) is 5.56 Å². The summed E-state index contributed by atoms with van der Waals surface area (Å²) in [7, 11) is 0. The van der Waals surface area contributed by atoms with E-state index in [1.54, 1.807) is 6.07 Å². The molecule has 0 saturated heterocycles. The van der Waals surface area contributed by atoms with Crippen molar-refractivity contribution in [3.05, 3.63) is 67.6 Å². The number of aromatic nitrogens is 2. The number of hydrogen-bond donors (Lipinski definition) is 1. The van der Waals surface area contributed by atoms with Crippen molar-refractivity contribution < 1.29 is 0 Å². The van der Waals surface area contributed by atoms with Crippen molar-refractivity contribution in [2.45, 2.75) is 6.92 Å². The third kappa shape index (κ3) is 2.13. The molecule has 20 heavy (non-hydrogen) atoms. The SMILES string of the molecule is Cc1ccc(-n2c(=S)[nH]c3ccccc3c2=O)cc1Br. The highest BCUT2D eigenvalue weighted by Gasteiger charge is 2.08. The highest BCUT2D eigenvalue weighted by Crippen LogP contribution is 2.20. The van der Waals surface area contributed by atoms with Gasteiger partial charge in [-0.15, -0.1) is 0 Å². The summed E-state index contributed by atoms with van der Waals surface area (Å²) in [6, 6.07) is 13.1. The molecule has 0 aliphatic rings. The second-order valence-electron chi connectivity index (χ2n) is 4.55. The summed E-state index contributed by atoms with van der Waals surface area (Å²) in [6.07, 6.45) is 0. The maximum Gasteiger partial charge on any atom is 0.266 e. The van der Waals surface area contributed by atoms with Gasteiger partial charge in [0.2, 0.25) is 0 Å². The molecule has 0 unspecified atom stereocenters. The third-order valence-electron chi connectivity index (χ3n) is 3.22. The molecule has 0 atom stereocenters. The van der Waals surface area contributed by atoms with Crippen LogP contribution in [-0.4, -0.2) is 9.55 Å². The predicted octanol–water partition coefficient (Wildman–Crippen LogP) is 4.12. The van der Waals surface area contributed by atoms with E-state index in [0.29, 0.717) is 10.2 Å². The van der Waals surface area contributed by atoms with Gasteiger partial charge >= 0.3 is 0 Å². The number of nitrogens with one attached hydrogen (secondary N) is 1. The summed E-state index contributed by atoms with van der Waals surface area (Å²) < 4.78 is 2.86. The minimum atomic E-state index is -0.111. The molecule has 0 amide bonds. The highest BCUT2D eigenvalue weighted by atomic mass is 79.9. The van der Waals surface area contributed by atoms with Crippen LogP contribution in [0.3, 0.4) is 0 Å². The van der Waals surface area contributed by atoms with Gasteiger partial charge in [0.1, 0.15) is 0 Å². The lowest BCUT2D eigenvalue weighted by atomic mass is 10.2. The molecule has 2 aromatic carbocycles. The molecular formula is C15H11BrN2OS. The number of aryl methyl sites for hydroxylation is 1. The van der Waals surface area contributed by atoms with E-state index in [4.69, 9.17) is 12.2 Å². The smallest absolute Gasteiger partial charge is 0.266 e. The van der Waals surface area contributed by atoms with Crippen molar-refractivity contribution >= 4 is 39.1 Å². The van der Waals surface area contributed by atoms with Gasteiger partial charge in [-0.3, -0.25) is 9.36 Å². The number of H-pyrrole nitrogens is 1. The molecule has 0 fully saturated rings. The van der Waals surface area contributed by atoms with Crippen molar-refractivity contribution in [2.24, 2.45) is 0 Å². The molecule has 3 nitrogen and oxygen atoms in total. The van der Waals surface area contributed by atoms with E-state index >= 15 is 0 Å². The van der Waals surface area contributed by atoms with Crippen molar-refractivity contribution in [1.82, 2.24) is 9.55 Å². The first kappa shape index (κ1) is 13.3. The lowest BCUT2D eigenvalue weighted by Gasteiger charge is -2.09. The Morgan fingerprint density at radius 3 is 2.70 bits per heavy atom. The molecule has 0 aliphatic heterocycles. The Morgan fingerprint density at radius 2 is 1.95 bits per heavy atom. The Labute approximate surface area is 129 Å². The highest BCUT2D eigenvalue weighted by molar-refractivity contribution is 9.10. The van der Waals surface area contributed by atoms with Crippen LogP contribution in [0.5, 0.6) is 0 Å². The summed E-state index contributed by atoms with van der Waals surface area (Å²) in [5, 5.41) is 0.623. The van der Waals surface area contributed by atoms with E-state index in [9.17, 15) is 4.79 Å². The Bertz CT molecular complexity index is 927. The third-order valence-corrected chi connectivity index (χ3v) is 4.36. The van der Waals surface area contributed by atoms with Crippen LogP contribution in [0.25, 0.3) is 16.6 Å². The van der Waals surface area contributed by atoms with E-state index in [1.165, 1.54) is 4.57 Å². The maximum atomic E-state index is 12.6. The van der Waals surface area contributed by atoms with Crippen LogP contribution in [0.2, 0.25) is 0 Å². The first-order valence-electron chi connectivity index (χ1n) is 6.08. The zero-order chi connectivity index (χ0) is 14.3. The first-order chi connectivity index (χ1) is 9.58. The molecule has 3 rings (SSSR count). The van der Waals surface area contributed by atoms with Gasteiger partial charge in [-0.2, -0.15) is 0 Å². The topological polar surface area (TPSA) is 37.8 Å².